The van der Waals surface area contributed by atoms with Gasteiger partial charge < -0.3 is 25.0 Å². The van der Waals surface area contributed by atoms with E-state index in [1.165, 1.54) is 15.9 Å². The number of benzene rings is 1. The average Bonchev–Trinajstić information content (AvgIpc) is 3.95. The molecule has 14 nitrogen and oxygen atoms in total. The van der Waals surface area contributed by atoms with Gasteiger partial charge in [0.25, 0.3) is 5.91 Å². The maximum atomic E-state index is 14.9. The third-order valence-corrected chi connectivity index (χ3v) is 12.6. The molecule has 0 spiro atoms. The number of nitrogens with one attached hydrogen (secondary N) is 3. The van der Waals surface area contributed by atoms with Crippen LogP contribution in [-0.2, 0) is 53.4 Å². The van der Waals surface area contributed by atoms with E-state index in [2.05, 4.69) is 15.4 Å². The van der Waals surface area contributed by atoms with Gasteiger partial charge in [-0.2, -0.15) is 0 Å². The molecule has 6 rings (SSSR count). The largest absolute Gasteiger partial charge is 0.450 e. The third kappa shape index (κ3) is 7.65. The number of halogens is 1. The van der Waals surface area contributed by atoms with E-state index in [9.17, 15) is 36.8 Å². The molecule has 16 heteroatoms. The molecule has 5 atom stereocenters. The van der Waals surface area contributed by atoms with Crippen molar-refractivity contribution in [3.63, 3.8) is 0 Å². The Balaban J connectivity index is 1.27. The minimum Gasteiger partial charge on any atom is -0.450 e. The van der Waals surface area contributed by atoms with Crippen molar-refractivity contribution >= 4 is 39.9 Å². The number of sulfonamides is 1. The Labute approximate surface area is 297 Å². The molecule has 3 N–H and O–H groups in total. The number of carbonyl (C=O) groups excluding carboxylic acids is 5. The van der Waals surface area contributed by atoms with Gasteiger partial charge in [0, 0.05) is 12.0 Å². The predicted octanol–water partition coefficient (Wildman–Crippen LogP) is 3.01. The minimum absolute atomic E-state index is 0.0128. The van der Waals surface area contributed by atoms with E-state index in [-0.39, 0.29) is 45.0 Å². The first-order chi connectivity index (χ1) is 24.0. The Morgan fingerprint density at radius 1 is 1.08 bits per heavy atom. The lowest BCUT2D eigenvalue weighted by Crippen LogP contribution is -2.60. The highest BCUT2D eigenvalue weighted by molar-refractivity contribution is 7.91. The summed E-state index contributed by atoms with van der Waals surface area (Å²) in [5.74, 6) is -2.90. The topological polar surface area (TPSA) is 181 Å². The van der Waals surface area contributed by atoms with Crippen molar-refractivity contribution in [2.75, 3.05) is 13.2 Å². The number of ether oxygens (including phenoxy) is 2. The number of fused-ring (bicyclic) bond motifs is 3. The molecule has 2 saturated carbocycles. The maximum absolute atomic E-state index is 14.9. The van der Waals surface area contributed by atoms with Crippen molar-refractivity contribution in [3.8, 4) is 0 Å². The number of nitrogens with zero attached hydrogens (tertiary/aromatic N) is 2. The lowest BCUT2D eigenvalue weighted by atomic mass is 9.85. The van der Waals surface area contributed by atoms with E-state index in [4.69, 9.17) is 9.47 Å². The van der Waals surface area contributed by atoms with Gasteiger partial charge in [0.1, 0.15) is 29.5 Å². The molecule has 0 aromatic heterocycles. The van der Waals surface area contributed by atoms with Gasteiger partial charge in [-0.1, -0.05) is 40.2 Å². The van der Waals surface area contributed by atoms with Gasteiger partial charge in [0.2, 0.25) is 21.8 Å². The summed E-state index contributed by atoms with van der Waals surface area (Å²) in [7, 11) is -3.89. The Morgan fingerprint density at radius 2 is 1.80 bits per heavy atom. The van der Waals surface area contributed by atoms with Gasteiger partial charge >= 0.3 is 12.2 Å². The normalized spacial score (nSPS) is 28.8. The van der Waals surface area contributed by atoms with Gasteiger partial charge in [-0.15, -0.1) is 0 Å². The second kappa shape index (κ2) is 13.9. The Hall–Kier alpha value is -3.95. The first-order valence-corrected chi connectivity index (χ1v) is 19.4. The molecular weight excluding hydrogens is 685 g/mol. The van der Waals surface area contributed by atoms with Crippen molar-refractivity contribution in [1.29, 1.82) is 0 Å². The first kappa shape index (κ1) is 36.8. The van der Waals surface area contributed by atoms with Crippen LogP contribution in [0.3, 0.4) is 0 Å². The highest BCUT2D eigenvalue weighted by atomic mass is 32.2. The lowest BCUT2D eigenvalue weighted by Gasteiger charge is -2.35. The molecule has 1 aromatic rings. The predicted molar refractivity (Wildman–Crippen MR) is 181 cm³/mol. The molecule has 51 heavy (non-hydrogen) atoms. The molecule has 1 saturated heterocycles. The minimum atomic E-state index is -3.89. The number of hydrogen-bond donors (Lipinski definition) is 3. The molecular formula is C35H48FN5O9S. The third-order valence-electron chi connectivity index (χ3n) is 10.8. The molecule has 5 amide bonds. The van der Waals surface area contributed by atoms with E-state index < -0.39 is 80.1 Å². The van der Waals surface area contributed by atoms with Crippen LogP contribution >= 0.6 is 0 Å². The molecule has 3 aliphatic heterocycles. The van der Waals surface area contributed by atoms with Crippen LogP contribution in [0.2, 0.25) is 0 Å². The van der Waals surface area contributed by atoms with E-state index in [1.54, 1.807) is 26.8 Å². The Bertz CT molecular complexity index is 1710. The van der Waals surface area contributed by atoms with Crippen LogP contribution in [0.25, 0.3) is 0 Å². The van der Waals surface area contributed by atoms with Gasteiger partial charge in [0.15, 0.2) is 0 Å². The SMILES string of the molecule is CC[C@H]1C[C@]1(NC(=O)[C@@H]1CC2CN1C(=O)[C@H](C(C)(C)C)NC(=O)OCCCCCc1ccc(F)c3c1CN(C3)C(=O)O2)C(=O)NS(=O)(=O)C1CC1. The molecule has 1 aromatic carbocycles. The van der Waals surface area contributed by atoms with Crippen LogP contribution in [0.5, 0.6) is 0 Å². The van der Waals surface area contributed by atoms with E-state index in [0.29, 0.717) is 37.7 Å². The zero-order valence-corrected chi connectivity index (χ0v) is 30.4. The average molecular weight is 734 g/mol. The van der Waals surface area contributed by atoms with Crippen LogP contribution in [0.4, 0.5) is 14.0 Å². The van der Waals surface area contributed by atoms with Gasteiger partial charge in [-0.3, -0.25) is 24.0 Å². The quantitative estimate of drug-likeness (QED) is 0.396. The summed E-state index contributed by atoms with van der Waals surface area (Å²) in [6.45, 7) is 7.16. The van der Waals surface area contributed by atoms with Crippen molar-refractivity contribution in [2.45, 2.75) is 128 Å². The number of amides is 5. The molecule has 3 heterocycles. The zero-order chi connectivity index (χ0) is 36.9. The standard InChI is InChI=1S/C35H48FN5O9S/c1-5-21-16-35(21,31(44)39-51(47,48)23-11-12-23)38-29(42)27-15-22-17-41(27)30(43)28(34(2,3)4)37-32(45)49-14-8-6-7-9-20-10-13-26(36)25-19-40(18-24(20)25)33(46)50-22/h10,13,21-23,27-28H,5-9,11-12,14-19H2,1-4H3,(H,37,45)(H,38,42)(H,39,44)/t21-,22?,27-,28+,35+/m0/s1. The second-order valence-electron chi connectivity index (χ2n) is 15.6. The summed E-state index contributed by atoms with van der Waals surface area (Å²) in [5.41, 5.74) is -0.245. The van der Waals surface area contributed by atoms with Crippen LogP contribution in [0.15, 0.2) is 12.1 Å². The molecule has 0 radical (unpaired) electrons. The number of rotatable bonds is 6. The van der Waals surface area contributed by atoms with Crippen molar-refractivity contribution in [2.24, 2.45) is 11.3 Å². The van der Waals surface area contributed by atoms with Crippen molar-refractivity contribution < 1.29 is 46.3 Å². The maximum Gasteiger partial charge on any atom is 0.410 e. The fourth-order valence-corrected chi connectivity index (χ4v) is 8.87. The molecule has 3 fully saturated rings. The van der Waals surface area contributed by atoms with Crippen LogP contribution < -0.4 is 15.4 Å². The van der Waals surface area contributed by atoms with E-state index in [0.717, 1.165) is 24.0 Å². The van der Waals surface area contributed by atoms with Crippen LogP contribution in [-0.4, -0.2) is 90.3 Å². The van der Waals surface area contributed by atoms with Gasteiger partial charge in [-0.05, 0) is 73.5 Å². The second-order valence-corrected chi connectivity index (χ2v) is 17.6. The lowest BCUT2D eigenvalue weighted by molar-refractivity contribution is -0.143. The molecule has 1 unspecified atom stereocenters. The summed E-state index contributed by atoms with van der Waals surface area (Å²) in [5, 5.41) is 4.81. The van der Waals surface area contributed by atoms with Crippen LogP contribution in [0.1, 0.15) is 95.8 Å². The summed E-state index contributed by atoms with van der Waals surface area (Å²) in [6, 6.07) is 0.750. The van der Waals surface area contributed by atoms with Crippen molar-refractivity contribution in [1.82, 2.24) is 25.2 Å². The number of alkyl carbamates (subject to hydrolysis) is 1. The van der Waals surface area contributed by atoms with Crippen LogP contribution in [0, 0.1) is 17.2 Å². The highest BCUT2D eigenvalue weighted by Gasteiger charge is 2.62. The summed E-state index contributed by atoms with van der Waals surface area (Å²) >= 11 is 0. The molecule has 2 aliphatic carbocycles. The van der Waals surface area contributed by atoms with E-state index in [1.807, 2.05) is 6.92 Å². The first-order valence-electron chi connectivity index (χ1n) is 17.9. The zero-order valence-electron chi connectivity index (χ0n) is 29.6. The monoisotopic (exact) mass is 733 g/mol. The Morgan fingerprint density at radius 3 is 2.47 bits per heavy atom. The summed E-state index contributed by atoms with van der Waals surface area (Å²) in [6.07, 6.45) is 1.71. The number of hydrogen-bond acceptors (Lipinski definition) is 9. The summed E-state index contributed by atoms with van der Waals surface area (Å²) < 4.78 is 53.7. The number of cyclic esters (lactones) is 1. The highest BCUT2D eigenvalue weighted by Crippen LogP contribution is 2.47. The van der Waals surface area contributed by atoms with Gasteiger partial charge in [-0.25, -0.2) is 22.4 Å². The molecule has 4 bridgehead atoms. The summed E-state index contributed by atoms with van der Waals surface area (Å²) in [4.78, 5) is 71.0. The Kier molecular flexibility index (Phi) is 10.0. The smallest absolute Gasteiger partial charge is 0.410 e. The number of carbonyl (C=O) groups is 5. The van der Waals surface area contributed by atoms with Gasteiger partial charge in [0.05, 0.1) is 31.5 Å². The van der Waals surface area contributed by atoms with Crippen molar-refractivity contribution in [3.05, 3.63) is 34.6 Å². The van der Waals surface area contributed by atoms with E-state index >= 15 is 0 Å². The number of aryl methyl sites for hydroxylation is 1. The fraction of sp³-hybridized carbons (Fsp3) is 0.686. The molecule has 5 aliphatic rings. The fourth-order valence-electron chi connectivity index (χ4n) is 7.50. The molecule has 280 valence electrons.